The minimum atomic E-state index is 0.488. The molecular weight excluding hydrogens is 192 g/mol. The second-order valence-electron chi connectivity index (χ2n) is 2.77. The van der Waals surface area contributed by atoms with Gasteiger partial charge in [0, 0.05) is 7.05 Å². The summed E-state index contributed by atoms with van der Waals surface area (Å²) in [5, 5.41) is 3.02. The van der Waals surface area contributed by atoms with E-state index in [2.05, 4.69) is 15.7 Å². The number of rotatable bonds is 3. The second kappa shape index (κ2) is 5.87. The van der Waals surface area contributed by atoms with Crippen LogP contribution in [0.3, 0.4) is 0 Å². The molecule has 1 aromatic carbocycles. The fourth-order valence-electron chi connectivity index (χ4n) is 1.14. The molecule has 0 amide bonds. The standard InChI is InChI=1S/C10H16N4O/c1-3-15-9-7-5-4-6-8(9)13-10(12-2)14-11/h4-7H,3,11H2,1-2H3,(H2,12,13,14). The Bertz CT molecular complexity index is 338. The van der Waals surface area contributed by atoms with Crippen LogP contribution in [0.4, 0.5) is 5.69 Å². The van der Waals surface area contributed by atoms with Crippen molar-refractivity contribution < 1.29 is 4.74 Å². The molecule has 1 rings (SSSR count). The molecule has 4 N–H and O–H groups in total. The van der Waals surface area contributed by atoms with Crippen molar-refractivity contribution in [3.05, 3.63) is 24.3 Å². The average molecular weight is 208 g/mol. The molecule has 0 fully saturated rings. The van der Waals surface area contributed by atoms with Gasteiger partial charge < -0.3 is 10.1 Å². The van der Waals surface area contributed by atoms with Gasteiger partial charge in [0.2, 0.25) is 5.96 Å². The molecule has 0 radical (unpaired) electrons. The van der Waals surface area contributed by atoms with Crippen LogP contribution in [0, 0.1) is 0 Å². The molecule has 0 aliphatic carbocycles. The zero-order valence-corrected chi connectivity index (χ0v) is 8.95. The molecule has 0 unspecified atom stereocenters. The van der Waals surface area contributed by atoms with Crippen molar-refractivity contribution in [1.82, 2.24) is 5.43 Å². The van der Waals surface area contributed by atoms with Gasteiger partial charge in [-0.3, -0.25) is 10.4 Å². The van der Waals surface area contributed by atoms with Crippen LogP contribution >= 0.6 is 0 Å². The molecule has 0 aliphatic heterocycles. The Hall–Kier alpha value is -1.75. The highest BCUT2D eigenvalue weighted by Crippen LogP contribution is 2.23. The van der Waals surface area contributed by atoms with Gasteiger partial charge in [-0.2, -0.15) is 0 Å². The van der Waals surface area contributed by atoms with E-state index < -0.39 is 0 Å². The highest BCUT2D eigenvalue weighted by Gasteiger charge is 2.03. The van der Waals surface area contributed by atoms with E-state index in [9.17, 15) is 0 Å². The lowest BCUT2D eigenvalue weighted by Crippen LogP contribution is -2.36. The highest BCUT2D eigenvalue weighted by molar-refractivity contribution is 5.94. The normalized spacial score (nSPS) is 11.0. The van der Waals surface area contributed by atoms with Crippen molar-refractivity contribution in [2.45, 2.75) is 6.92 Å². The third-order valence-corrected chi connectivity index (χ3v) is 1.80. The number of nitrogens with zero attached hydrogens (tertiary/aromatic N) is 1. The van der Waals surface area contributed by atoms with Crippen molar-refractivity contribution in [3.8, 4) is 5.75 Å². The first-order valence-electron chi connectivity index (χ1n) is 4.74. The first-order chi connectivity index (χ1) is 7.31. The fourth-order valence-corrected chi connectivity index (χ4v) is 1.14. The highest BCUT2D eigenvalue weighted by atomic mass is 16.5. The molecule has 15 heavy (non-hydrogen) atoms. The minimum absolute atomic E-state index is 0.488. The monoisotopic (exact) mass is 208 g/mol. The largest absolute Gasteiger partial charge is 0.492 e. The van der Waals surface area contributed by atoms with Crippen LogP contribution in [-0.4, -0.2) is 19.6 Å². The first kappa shape index (κ1) is 11.3. The molecule has 5 nitrogen and oxygen atoms in total. The van der Waals surface area contributed by atoms with Gasteiger partial charge in [-0.15, -0.1) is 0 Å². The zero-order chi connectivity index (χ0) is 11.1. The molecule has 0 saturated carbocycles. The SMILES string of the molecule is CCOc1ccccc1NC(=NC)NN. The van der Waals surface area contributed by atoms with Crippen LogP contribution in [0.1, 0.15) is 6.92 Å². The second-order valence-corrected chi connectivity index (χ2v) is 2.77. The first-order valence-corrected chi connectivity index (χ1v) is 4.74. The summed E-state index contributed by atoms with van der Waals surface area (Å²) in [5.74, 6) is 6.53. The van der Waals surface area contributed by atoms with Crippen molar-refractivity contribution in [1.29, 1.82) is 0 Å². The Balaban J connectivity index is 2.83. The number of benzene rings is 1. The van der Waals surface area contributed by atoms with Crippen LogP contribution in [0.5, 0.6) is 5.75 Å². The van der Waals surface area contributed by atoms with Gasteiger partial charge in [0.25, 0.3) is 0 Å². The van der Waals surface area contributed by atoms with Gasteiger partial charge in [0.1, 0.15) is 5.75 Å². The molecule has 0 spiro atoms. The van der Waals surface area contributed by atoms with E-state index in [1.165, 1.54) is 0 Å². The average Bonchev–Trinajstić information content (AvgIpc) is 2.28. The lowest BCUT2D eigenvalue weighted by Gasteiger charge is -2.12. The summed E-state index contributed by atoms with van der Waals surface area (Å²) in [6.45, 7) is 2.56. The van der Waals surface area contributed by atoms with Crippen LogP contribution in [-0.2, 0) is 0 Å². The van der Waals surface area contributed by atoms with Gasteiger partial charge >= 0.3 is 0 Å². The predicted octanol–water partition coefficient (Wildman–Crippen LogP) is 0.946. The van der Waals surface area contributed by atoms with Gasteiger partial charge in [-0.1, -0.05) is 12.1 Å². The molecule has 0 aromatic heterocycles. The third-order valence-electron chi connectivity index (χ3n) is 1.80. The summed E-state index contributed by atoms with van der Waals surface area (Å²) in [6.07, 6.45) is 0. The number of anilines is 1. The van der Waals surface area contributed by atoms with Crippen LogP contribution in [0.15, 0.2) is 29.3 Å². The Kier molecular flexibility index (Phi) is 4.43. The van der Waals surface area contributed by atoms with Crippen LogP contribution in [0.25, 0.3) is 0 Å². The molecule has 0 aliphatic rings. The van der Waals surface area contributed by atoms with Crippen LogP contribution < -0.4 is 21.3 Å². The number of ether oxygens (including phenoxy) is 1. The Morgan fingerprint density at radius 1 is 1.47 bits per heavy atom. The topological polar surface area (TPSA) is 71.7 Å². The summed E-state index contributed by atoms with van der Waals surface area (Å²) in [4.78, 5) is 3.92. The maximum atomic E-state index is 5.44. The van der Waals surface area contributed by atoms with Crippen molar-refractivity contribution in [2.24, 2.45) is 10.8 Å². The maximum absolute atomic E-state index is 5.44. The summed E-state index contributed by atoms with van der Waals surface area (Å²) in [7, 11) is 1.64. The summed E-state index contributed by atoms with van der Waals surface area (Å²) in [6, 6.07) is 7.60. The molecule has 5 heteroatoms. The summed E-state index contributed by atoms with van der Waals surface area (Å²) in [5.41, 5.74) is 3.28. The van der Waals surface area contributed by atoms with E-state index in [4.69, 9.17) is 10.6 Å². The van der Waals surface area contributed by atoms with Gasteiger partial charge in [-0.25, -0.2) is 5.84 Å². The lowest BCUT2D eigenvalue weighted by molar-refractivity contribution is 0.342. The van der Waals surface area contributed by atoms with Gasteiger partial charge in [0.05, 0.1) is 12.3 Å². The van der Waals surface area contributed by atoms with E-state index >= 15 is 0 Å². The molecule has 0 saturated heterocycles. The molecular formula is C10H16N4O. The van der Waals surface area contributed by atoms with E-state index in [0.717, 1.165) is 11.4 Å². The number of nitrogens with two attached hydrogens (primary N) is 1. The number of para-hydroxylation sites is 2. The molecule has 1 aromatic rings. The predicted molar refractivity (Wildman–Crippen MR) is 61.9 cm³/mol. The number of hydrogen-bond acceptors (Lipinski definition) is 3. The summed E-state index contributed by atoms with van der Waals surface area (Å²) < 4.78 is 5.44. The Morgan fingerprint density at radius 2 is 2.20 bits per heavy atom. The van der Waals surface area contributed by atoms with Crippen molar-refractivity contribution in [2.75, 3.05) is 19.0 Å². The summed E-state index contributed by atoms with van der Waals surface area (Å²) >= 11 is 0. The molecule has 0 bridgehead atoms. The Morgan fingerprint density at radius 3 is 2.80 bits per heavy atom. The smallest absolute Gasteiger partial charge is 0.210 e. The number of hydrazine groups is 1. The van der Waals surface area contributed by atoms with Crippen LogP contribution in [0.2, 0.25) is 0 Å². The van der Waals surface area contributed by atoms with E-state index in [1.807, 2.05) is 31.2 Å². The molecule has 0 atom stereocenters. The Labute approximate surface area is 89.3 Å². The maximum Gasteiger partial charge on any atom is 0.210 e. The van der Waals surface area contributed by atoms with E-state index in [0.29, 0.717) is 12.6 Å². The number of hydrogen-bond donors (Lipinski definition) is 3. The number of guanidine groups is 1. The van der Waals surface area contributed by atoms with Gasteiger partial charge in [-0.05, 0) is 19.1 Å². The van der Waals surface area contributed by atoms with Crippen molar-refractivity contribution in [3.63, 3.8) is 0 Å². The molecule has 0 heterocycles. The number of aliphatic imine (C=N–C) groups is 1. The van der Waals surface area contributed by atoms with Crippen molar-refractivity contribution >= 4 is 11.6 Å². The number of nitrogens with one attached hydrogen (secondary N) is 2. The third kappa shape index (κ3) is 3.14. The quantitative estimate of drug-likeness (QED) is 0.299. The van der Waals surface area contributed by atoms with E-state index in [1.54, 1.807) is 7.05 Å². The minimum Gasteiger partial charge on any atom is -0.492 e. The van der Waals surface area contributed by atoms with Gasteiger partial charge in [0.15, 0.2) is 0 Å². The lowest BCUT2D eigenvalue weighted by atomic mass is 10.3. The zero-order valence-electron chi connectivity index (χ0n) is 8.95. The van der Waals surface area contributed by atoms with E-state index in [-0.39, 0.29) is 0 Å². The molecule has 82 valence electrons. The fraction of sp³-hybridized carbons (Fsp3) is 0.300.